The van der Waals surface area contributed by atoms with Crippen molar-refractivity contribution >= 4 is 16.0 Å². The van der Waals surface area contributed by atoms with Gasteiger partial charge in [-0.25, -0.2) is 8.42 Å². The Morgan fingerprint density at radius 2 is 2.11 bits per heavy atom. The maximum absolute atomic E-state index is 12.5. The average molecular weight is 289 g/mol. The molecule has 1 aromatic rings. The van der Waals surface area contributed by atoms with E-state index in [1.54, 1.807) is 6.92 Å². The molecule has 0 bridgehead atoms. The Morgan fingerprint density at radius 1 is 1.47 bits per heavy atom. The van der Waals surface area contributed by atoms with Crippen molar-refractivity contribution in [2.45, 2.75) is 37.3 Å². The number of aliphatic hydroxyl groups excluding tert-OH is 1. The number of aliphatic hydroxyl groups is 1. The Kier molecular flexibility index (Phi) is 3.37. The fraction of sp³-hybridized carbons (Fsp3) is 0.600. The Hall–Kier alpha value is -1.45. The molecule has 0 aliphatic carbocycles. The minimum atomic E-state index is -3.99. The van der Waals surface area contributed by atoms with Crippen LogP contribution in [0.4, 0.5) is 0 Å². The number of aromatic amines is 1. The van der Waals surface area contributed by atoms with Crippen LogP contribution >= 0.6 is 0 Å². The first-order valence-electron chi connectivity index (χ1n) is 5.69. The highest BCUT2D eigenvalue weighted by atomic mass is 32.2. The zero-order valence-corrected chi connectivity index (χ0v) is 11.3. The number of aryl methyl sites for hydroxylation is 2. The third-order valence-corrected chi connectivity index (χ3v) is 5.28. The number of hydrogen-bond donors (Lipinski definition) is 3. The molecule has 0 aromatic carbocycles. The number of aliphatic carboxylic acids is 1. The molecule has 0 saturated carbocycles. The first kappa shape index (κ1) is 14.0. The fourth-order valence-electron chi connectivity index (χ4n) is 2.31. The Labute approximate surface area is 110 Å². The molecular weight excluding hydrogens is 274 g/mol. The lowest BCUT2D eigenvalue weighted by atomic mass is 10.2. The number of carboxylic acids is 1. The molecule has 9 heteroatoms. The van der Waals surface area contributed by atoms with E-state index < -0.39 is 28.1 Å². The zero-order valence-electron chi connectivity index (χ0n) is 10.5. The Morgan fingerprint density at radius 3 is 2.58 bits per heavy atom. The van der Waals surface area contributed by atoms with E-state index in [9.17, 15) is 18.3 Å². The summed E-state index contributed by atoms with van der Waals surface area (Å²) in [5, 5.41) is 24.9. The van der Waals surface area contributed by atoms with Gasteiger partial charge in [0.1, 0.15) is 10.9 Å². The van der Waals surface area contributed by atoms with Crippen molar-refractivity contribution in [3.05, 3.63) is 11.4 Å². The van der Waals surface area contributed by atoms with Crippen LogP contribution < -0.4 is 0 Å². The van der Waals surface area contributed by atoms with Gasteiger partial charge in [-0.05, 0) is 13.8 Å². The number of aromatic nitrogens is 2. The molecule has 3 N–H and O–H groups in total. The molecule has 0 amide bonds. The van der Waals surface area contributed by atoms with E-state index in [2.05, 4.69) is 10.2 Å². The molecule has 106 valence electrons. The lowest BCUT2D eigenvalue weighted by molar-refractivity contribution is -0.140. The van der Waals surface area contributed by atoms with E-state index >= 15 is 0 Å². The summed E-state index contributed by atoms with van der Waals surface area (Å²) in [6, 6.07) is -1.24. The van der Waals surface area contributed by atoms with Gasteiger partial charge in [0.2, 0.25) is 10.0 Å². The van der Waals surface area contributed by atoms with Crippen LogP contribution in [0, 0.1) is 13.8 Å². The van der Waals surface area contributed by atoms with Crippen LogP contribution in [0.5, 0.6) is 0 Å². The number of hydrogen-bond acceptors (Lipinski definition) is 5. The number of carbonyl (C=O) groups is 1. The predicted octanol–water partition coefficient (Wildman–Crippen LogP) is -0.765. The number of H-pyrrole nitrogens is 1. The highest BCUT2D eigenvalue weighted by molar-refractivity contribution is 7.89. The summed E-state index contributed by atoms with van der Waals surface area (Å²) in [7, 11) is -3.99. The molecule has 8 nitrogen and oxygen atoms in total. The molecule has 2 heterocycles. The molecule has 1 fully saturated rings. The van der Waals surface area contributed by atoms with Gasteiger partial charge in [-0.1, -0.05) is 0 Å². The van der Waals surface area contributed by atoms with Gasteiger partial charge in [-0.3, -0.25) is 9.89 Å². The predicted molar refractivity (Wildman–Crippen MR) is 64.0 cm³/mol. The van der Waals surface area contributed by atoms with Crippen molar-refractivity contribution in [3.63, 3.8) is 0 Å². The van der Waals surface area contributed by atoms with E-state index in [-0.39, 0.29) is 23.6 Å². The number of nitrogens with zero attached hydrogens (tertiary/aromatic N) is 2. The maximum atomic E-state index is 12.5. The highest BCUT2D eigenvalue weighted by Crippen LogP contribution is 2.29. The van der Waals surface area contributed by atoms with Gasteiger partial charge in [0.15, 0.2) is 0 Å². The Bertz CT molecular complexity index is 589. The van der Waals surface area contributed by atoms with Crippen molar-refractivity contribution in [1.29, 1.82) is 0 Å². The average Bonchev–Trinajstić information content (AvgIpc) is 2.83. The number of β-amino-alcohol motifs (C(OH)–C–C–N with tert-alkyl or cyclic N) is 1. The largest absolute Gasteiger partial charge is 0.480 e. The lowest BCUT2D eigenvalue weighted by Gasteiger charge is -2.20. The quantitative estimate of drug-likeness (QED) is 0.671. The molecule has 19 heavy (non-hydrogen) atoms. The Balaban J connectivity index is 2.48. The van der Waals surface area contributed by atoms with Gasteiger partial charge in [0, 0.05) is 13.0 Å². The van der Waals surface area contributed by atoms with Crippen LogP contribution in [-0.4, -0.2) is 57.8 Å². The van der Waals surface area contributed by atoms with Crippen molar-refractivity contribution in [2.24, 2.45) is 0 Å². The van der Waals surface area contributed by atoms with E-state index in [1.165, 1.54) is 6.92 Å². The number of rotatable bonds is 3. The molecule has 1 aromatic heterocycles. The van der Waals surface area contributed by atoms with Crippen LogP contribution in [0.2, 0.25) is 0 Å². The standard InChI is InChI=1S/C10H15N3O5S/c1-5-9(6(2)12-11-5)19(17,18)13-4-7(14)3-8(13)10(15)16/h7-8,14H,3-4H2,1-2H3,(H,11,12)(H,15,16)/t7-,8-/m1/s1. The molecule has 2 atom stereocenters. The minimum Gasteiger partial charge on any atom is -0.480 e. The second-order valence-corrected chi connectivity index (χ2v) is 6.41. The second-order valence-electron chi connectivity index (χ2n) is 4.58. The van der Waals surface area contributed by atoms with Gasteiger partial charge in [0.05, 0.1) is 17.5 Å². The smallest absolute Gasteiger partial charge is 0.322 e. The van der Waals surface area contributed by atoms with Gasteiger partial charge in [-0.2, -0.15) is 9.40 Å². The van der Waals surface area contributed by atoms with E-state index in [0.29, 0.717) is 5.69 Å². The van der Waals surface area contributed by atoms with E-state index in [4.69, 9.17) is 5.11 Å². The van der Waals surface area contributed by atoms with Crippen molar-refractivity contribution < 1.29 is 23.4 Å². The van der Waals surface area contributed by atoms with Crippen LogP contribution in [0.25, 0.3) is 0 Å². The summed E-state index contributed by atoms with van der Waals surface area (Å²) >= 11 is 0. The topological polar surface area (TPSA) is 124 Å². The van der Waals surface area contributed by atoms with Gasteiger partial charge >= 0.3 is 5.97 Å². The first-order valence-corrected chi connectivity index (χ1v) is 7.13. The van der Waals surface area contributed by atoms with Crippen molar-refractivity contribution in [2.75, 3.05) is 6.54 Å². The summed E-state index contributed by atoms with van der Waals surface area (Å²) in [6.45, 7) is 2.86. The van der Waals surface area contributed by atoms with E-state index in [0.717, 1.165) is 4.31 Å². The summed E-state index contributed by atoms with van der Waals surface area (Å²) in [6.07, 6.45) is -1.08. The fourth-order valence-corrected chi connectivity index (χ4v) is 4.28. The van der Waals surface area contributed by atoms with Gasteiger partial charge < -0.3 is 10.2 Å². The molecule has 2 rings (SSSR count). The van der Waals surface area contributed by atoms with Crippen molar-refractivity contribution in [3.8, 4) is 0 Å². The monoisotopic (exact) mass is 289 g/mol. The van der Waals surface area contributed by atoms with Gasteiger partial charge in [0.25, 0.3) is 0 Å². The number of nitrogens with one attached hydrogen (secondary N) is 1. The first-order chi connectivity index (χ1) is 8.75. The zero-order chi connectivity index (χ0) is 14.4. The molecule has 1 aliphatic rings. The minimum absolute atomic E-state index is 0.0205. The summed E-state index contributed by atoms with van der Waals surface area (Å²) in [5.74, 6) is -1.26. The van der Waals surface area contributed by atoms with Crippen LogP contribution in [-0.2, 0) is 14.8 Å². The molecule has 0 radical (unpaired) electrons. The lowest BCUT2D eigenvalue weighted by Crippen LogP contribution is -2.40. The molecule has 0 spiro atoms. The highest BCUT2D eigenvalue weighted by Gasteiger charge is 2.44. The molecule has 1 saturated heterocycles. The SMILES string of the molecule is Cc1n[nH]c(C)c1S(=O)(=O)N1C[C@H](O)C[C@@H]1C(=O)O. The normalized spacial score (nSPS) is 24.8. The van der Waals surface area contributed by atoms with Crippen LogP contribution in [0.1, 0.15) is 17.8 Å². The number of sulfonamides is 1. The molecular formula is C10H15N3O5S. The maximum Gasteiger partial charge on any atom is 0.322 e. The third-order valence-electron chi connectivity index (χ3n) is 3.15. The molecule has 1 aliphatic heterocycles. The summed E-state index contributed by atoms with van der Waals surface area (Å²) in [4.78, 5) is 11.1. The third kappa shape index (κ3) is 2.24. The van der Waals surface area contributed by atoms with Crippen molar-refractivity contribution in [1.82, 2.24) is 14.5 Å². The summed E-state index contributed by atoms with van der Waals surface area (Å²) in [5.41, 5.74) is 0.631. The van der Waals surface area contributed by atoms with Gasteiger partial charge in [-0.15, -0.1) is 0 Å². The molecule has 0 unspecified atom stereocenters. The van der Waals surface area contributed by atoms with E-state index in [1.807, 2.05) is 0 Å². The number of carboxylic acid groups (broad SMARTS) is 1. The summed E-state index contributed by atoms with van der Waals surface area (Å²) < 4.78 is 25.8. The second kappa shape index (κ2) is 4.58. The van der Waals surface area contributed by atoms with Crippen LogP contribution in [0.3, 0.4) is 0 Å². The van der Waals surface area contributed by atoms with Crippen LogP contribution in [0.15, 0.2) is 4.90 Å².